The van der Waals surface area contributed by atoms with Gasteiger partial charge in [0.1, 0.15) is 5.69 Å². The number of nitrogens with zero attached hydrogens (tertiary/aromatic N) is 2. The molecule has 0 aliphatic carbocycles. The average Bonchev–Trinajstić information content (AvgIpc) is 3.24. The first kappa shape index (κ1) is 18.7. The SMILES string of the molecule is Cc1cc(C(=O)N2CCCC(CNC(=O)C3CCCN3)C2)n[nH]1.Cl. The lowest BCUT2D eigenvalue weighted by Crippen LogP contribution is -2.46. The van der Waals surface area contributed by atoms with Crippen molar-refractivity contribution in [2.75, 3.05) is 26.2 Å². The predicted molar refractivity (Wildman–Crippen MR) is 93.2 cm³/mol. The molecule has 0 saturated carbocycles. The van der Waals surface area contributed by atoms with Gasteiger partial charge in [-0.3, -0.25) is 14.7 Å². The fourth-order valence-corrected chi connectivity index (χ4v) is 3.38. The summed E-state index contributed by atoms with van der Waals surface area (Å²) in [6.45, 7) is 4.89. The number of hydrogen-bond donors (Lipinski definition) is 3. The molecule has 0 radical (unpaired) electrons. The minimum atomic E-state index is -0.0386. The highest BCUT2D eigenvalue weighted by Crippen LogP contribution is 2.18. The van der Waals surface area contributed by atoms with E-state index < -0.39 is 0 Å². The maximum Gasteiger partial charge on any atom is 0.274 e. The Bertz CT molecular complexity index is 571. The van der Waals surface area contributed by atoms with Crippen LogP contribution < -0.4 is 10.6 Å². The van der Waals surface area contributed by atoms with Gasteiger partial charge in [0.05, 0.1) is 6.04 Å². The maximum atomic E-state index is 12.5. The summed E-state index contributed by atoms with van der Waals surface area (Å²) in [5, 5.41) is 13.1. The molecule has 0 aromatic carbocycles. The second-order valence-corrected chi connectivity index (χ2v) is 6.59. The smallest absolute Gasteiger partial charge is 0.274 e. The maximum absolute atomic E-state index is 12.5. The number of carbonyl (C=O) groups is 2. The number of rotatable bonds is 4. The highest BCUT2D eigenvalue weighted by Gasteiger charge is 2.27. The van der Waals surface area contributed by atoms with Crippen LogP contribution in [-0.4, -0.2) is 59.1 Å². The molecule has 0 bridgehead atoms. The van der Waals surface area contributed by atoms with Crippen LogP contribution in [0.3, 0.4) is 0 Å². The summed E-state index contributed by atoms with van der Waals surface area (Å²) in [6.07, 6.45) is 3.99. The molecule has 0 spiro atoms. The summed E-state index contributed by atoms with van der Waals surface area (Å²) >= 11 is 0. The van der Waals surface area contributed by atoms with Crippen molar-refractivity contribution in [1.82, 2.24) is 25.7 Å². The van der Waals surface area contributed by atoms with Gasteiger partial charge in [0, 0.05) is 25.3 Å². The van der Waals surface area contributed by atoms with Crippen LogP contribution in [0.25, 0.3) is 0 Å². The number of carbonyl (C=O) groups excluding carboxylic acids is 2. The van der Waals surface area contributed by atoms with Crippen LogP contribution in [0.1, 0.15) is 41.9 Å². The Morgan fingerprint density at radius 2 is 2.21 bits per heavy atom. The van der Waals surface area contributed by atoms with Crippen LogP contribution >= 0.6 is 12.4 Å². The lowest BCUT2D eigenvalue weighted by Gasteiger charge is -2.32. The van der Waals surface area contributed by atoms with Crippen molar-refractivity contribution in [3.8, 4) is 0 Å². The summed E-state index contributed by atoms with van der Waals surface area (Å²) in [6, 6.07) is 1.74. The molecule has 24 heavy (non-hydrogen) atoms. The van der Waals surface area contributed by atoms with Crippen molar-refractivity contribution >= 4 is 24.2 Å². The topological polar surface area (TPSA) is 90.1 Å². The van der Waals surface area contributed by atoms with Gasteiger partial charge in [-0.25, -0.2) is 0 Å². The van der Waals surface area contributed by atoms with Gasteiger partial charge in [0.25, 0.3) is 5.91 Å². The van der Waals surface area contributed by atoms with Crippen LogP contribution in [-0.2, 0) is 4.79 Å². The van der Waals surface area contributed by atoms with E-state index >= 15 is 0 Å². The summed E-state index contributed by atoms with van der Waals surface area (Å²) in [4.78, 5) is 26.4. The van der Waals surface area contributed by atoms with E-state index in [1.165, 1.54) is 0 Å². The minimum Gasteiger partial charge on any atom is -0.354 e. The molecule has 3 heterocycles. The summed E-state index contributed by atoms with van der Waals surface area (Å²) in [5.41, 5.74) is 1.36. The van der Waals surface area contributed by atoms with Crippen molar-refractivity contribution in [2.45, 2.75) is 38.6 Å². The van der Waals surface area contributed by atoms with E-state index in [9.17, 15) is 9.59 Å². The minimum absolute atomic E-state index is 0. The number of piperidine rings is 1. The van der Waals surface area contributed by atoms with Crippen molar-refractivity contribution in [3.05, 3.63) is 17.5 Å². The number of aromatic nitrogens is 2. The molecule has 2 saturated heterocycles. The molecule has 1 aromatic rings. The largest absolute Gasteiger partial charge is 0.354 e. The number of aryl methyl sites for hydroxylation is 1. The van der Waals surface area contributed by atoms with E-state index in [1.54, 1.807) is 6.07 Å². The zero-order valence-electron chi connectivity index (χ0n) is 14.0. The third kappa shape index (κ3) is 4.48. The van der Waals surface area contributed by atoms with Crippen LogP contribution in [0.15, 0.2) is 6.07 Å². The first-order chi connectivity index (χ1) is 11.1. The fourth-order valence-electron chi connectivity index (χ4n) is 3.38. The Balaban J connectivity index is 0.00000208. The predicted octanol–water partition coefficient (Wildman–Crippen LogP) is 0.860. The molecule has 2 fully saturated rings. The van der Waals surface area contributed by atoms with Gasteiger partial charge in [-0.2, -0.15) is 5.10 Å². The quantitative estimate of drug-likeness (QED) is 0.747. The molecular weight excluding hydrogens is 330 g/mol. The zero-order valence-corrected chi connectivity index (χ0v) is 14.8. The number of hydrogen-bond acceptors (Lipinski definition) is 4. The molecule has 2 aliphatic heterocycles. The molecule has 1 aromatic heterocycles. The molecule has 2 amide bonds. The van der Waals surface area contributed by atoms with Gasteiger partial charge in [0.2, 0.25) is 5.91 Å². The van der Waals surface area contributed by atoms with E-state index in [-0.39, 0.29) is 30.3 Å². The molecule has 2 unspecified atom stereocenters. The Hall–Kier alpha value is -1.60. The Morgan fingerprint density at radius 1 is 1.38 bits per heavy atom. The van der Waals surface area contributed by atoms with Gasteiger partial charge in [-0.05, 0) is 51.1 Å². The number of amides is 2. The van der Waals surface area contributed by atoms with Gasteiger partial charge in [-0.15, -0.1) is 12.4 Å². The van der Waals surface area contributed by atoms with E-state index in [0.717, 1.165) is 44.5 Å². The first-order valence-electron chi connectivity index (χ1n) is 8.46. The highest BCUT2D eigenvalue weighted by molar-refractivity contribution is 5.92. The van der Waals surface area contributed by atoms with Crippen molar-refractivity contribution in [3.63, 3.8) is 0 Å². The van der Waals surface area contributed by atoms with Gasteiger partial charge >= 0.3 is 0 Å². The Kier molecular flexibility index (Phi) is 6.62. The van der Waals surface area contributed by atoms with Crippen molar-refractivity contribution < 1.29 is 9.59 Å². The molecule has 2 aliphatic rings. The molecule has 3 N–H and O–H groups in total. The van der Waals surface area contributed by atoms with Crippen LogP contribution in [0, 0.1) is 12.8 Å². The normalized spacial score (nSPS) is 23.6. The number of H-pyrrole nitrogens is 1. The fraction of sp³-hybridized carbons (Fsp3) is 0.688. The highest BCUT2D eigenvalue weighted by atomic mass is 35.5. The lowest BCUT2D eigenvalue weighted by molar-refractivity contribution is -0.123. The molecule has 134 valence electrons. The molecular formula is C16H26ClN5O2. The van der Waals surface area contributed by atoms with E-state index in [4.69, 9.17) is 0 Å². The molecule has 7 nitrogen and oxygen atoms in total. The average molecular weight is 356 g/mol. The third-order valence-electron chi connectivity index (χ3n) is 4.67. The van der Waals surface area contributed by atoms with Gasteiger partial charge in [0.15, 0.2) is 0 Å². The van der Waals surface area contributed by atoms with Crippen LogP contribution in [0.2, 0.25) is 0 Å². The lowest BCUT2D eigenvalue weighted by atomic mass is 9.97. The number of halogens is 1. The zero-order chi connectivity index (χ0) is 16.2. The van der Waals surface area contributed by atoms with E-state index in [2.05, 4.69) is 20.8 Å². The molecule has 8 heteroatoms. The summed E-state index contributed by atoms with van der Waals surface area (Å²) < 4.78 is 0. The number of likely N-dealkylation sites (tertiary alicyclic amines) is 1. The number of aromatic amines is 1. The van der Waals surface area contributed by atoms with Gasteiger partial charge < -0.3 is 15.5 Å². The van der Waals surface area contributed by atoms with E-state index in [1.807, 2.05) is 11.8 Å². The van der Waals surface area contributed by atoms with Gasteiger partial charge in [-0.1, -0.05) is 0 Å². The van der Waals surface area contributed by atoms with Crippen LogP contribution in [0.4, 0.5) is 0 Å². The van der Waals surface area contributed by atoms with Crippen molar-refractivity contribution in [2.24, 2.45) is 5.92 Å². The Morgan fingerprint density at radius 3 is 2.88 bits per heavy atom. The summed E-state index contributed by atoms with van der Waals surface area (Å²) in [7, 11) is 0. The third-order valence-corrected chi connectivity index (χ3v) is 4.67. The van der Waals surface area contributed by atoms with E-state index in [0.29, 0.717) is 24.7 Å². The van der Waals surface area contributed by atoms with Crippen LogP contribution in [0.5, 0.6) is 0 Å². The summed E-state index contributed by atoms with van der Waals surface area (Å²) in [5.74, 6) is 0.384. The second-order valence-electron chi connectivity index (χ2n) is 6.59. The monoisotopic (exact) mass is 355 g/mol. The molecule has 2 atom stereocenters. The number of nitrogens with one attached hydrogen (secondary N) is 3. The second kappa shape index (κ2) is 8.48. The first-order valence-corrected chi connectivity index (χ1v) is 8.46. The molecule has 3 rings (SSSR count). The van der Waals surface area contributed by atoms with Crippen molar-refractivity contribution in [1.29, 1.82) is 0 Å². The Labute approximate surface area is 148 Å². The standard InChI is InChI=1S/C16H25N5O2.ClH/c1-11-8-14(20-19-11)16(23)21-7-3-4-12(10-21)9-18-15(22)13-5-2-6-17-13;/h8,12-13,17H,2-7,9-10H2,1H3,(H,18,22)(H,19,20);1H.